The third-order valence-electron chi connectivity index (χ3n) is 2.81. The Kier molecular flexibility index (Phi) is 3.14. The normalized spacial score (nSPS) is 16.6. The third-order valence-corrected chi connectivity index (χ3v) is 4.17. The molecule has 0 unspecified atom stereocenters. The van der Waals surface area contributed by atoms with Gasteiger partial charge in [0.05, 0.1) is 4.90 Å². The van der Waals surface area contributed by atoms with Crippen molar-refractivity contribution in [3.8, 4) is 0 Å². The van der Waals surface area contributed by atoms with E-state index in [4.69, 9.17) is 10.7 Å². The van der Waals surface area contributed by atoms with Gasteiger partial charge in [0.1, 0.15) is 0 Å². The van der Waals surface area contributed by atoms with E-state index in [0.29, 0.717) is 13.0 Å². The highest BCUT2D eigenvalue weighted by atomic mass is 35.7. The Balaban J connectivity index is 2.42. The summed E-state index contributed by atoms with van der Waals surface area (Å²) in [5.41, 5.74) is 1.50. The van der Waals surface area contributed by atoms with Crippen molar-refractivity contribution in [1.29, 1.82) is 0 Å². The summed E-state index contributed by atoms with van der Waals surface area (Å²) in [6.07, 6.45) is 1.39. The molecule has 0 bridgehead atoms. The van der Waals surface area contributed by atoms with E-state index in [1.54, 1.807) is 17.9 Å². The smallest absolute Gasteiger partial charge is 0.261 e. The summed E-state index contributed by atoms with van der Waals surface area (Å²) < 4.78 is 22.3. The summed E-state index contributed by atoms with van der Waals surface area (Å²) in [5.74, 6) is 0.0783. The molecule has 0 aromatic heterocycles. The fraction of sp³-hybridized carbons (Fsp3) is 0.364. The number of halogens is 1. The van der Waals surface area contributed by atoms with Gasteiger partial charge < -0.3 is 4.90 Å². The van der Waals surface area contributed by atoms with Crippen LogP contribution in [0.3, 0.4) is 0 Å². The van der Waals surface area contributed by atoms with Crippen molar-refractivity contribution >= 4 is 31.3 Å². The van der Waals surface area contributed by atoms with Gasteiger partial charge in [0.25, 0.3) is 9.05 Å². The van der Waals surface area contributed by atoms with Crippen molar-refractivity contribution < 1.29 is 13.2 Å². The number of benzene rings is 1. The van der Waals surface area contributed by atoms with Crippen LogP contribution < -0.4 is 4.90 Å². The molecule has 0 aliphatic carbocycles. The lowest BCUT2D eigenvalue weighted by atomic mass is 10.2. The van der Waals surface area contributed by atoms with Crippen molar-refractivity contribution in [2.45, 2.75) is 24.7 Å². The minimum atomic E-state index is -3.71. The number of nitrogens with zero attached hydrogens (tertiary/aromatic N) is 1. The zero-order chi connectivity index (χ0) is 12.6. The molecule has 0 radical (unpaired) electrons. The SMILES string of the molecule is Cc1cc(S(=O)(=O)Cl)ccc1N1CCCC1=O. The number of rotatable bonds is 2. The van der Waals surface area contributed by atoms with Gasteiger partial charge in [0.2, 0.25) is 5.91 Å². The Morgan fingerprint density at radius 3 is 2.53 bits per heavy atom. The molecule has 1 saturated heterocycles. The van der Waals surface area contributed by atoms with Crippen LogP contribution in [-0.2, 0) is 13.8 Å². The van der Waals surface area contributed by atoms with E-state index in [9.17, 15) is 13.2 Å². The number of carbonyl (C=O) groups excluding carboxylic acids is 1. The first kappa shape index (κ1) is 12.4. The molecule has 1 amide bonds. The molecule has 0 saturated carbocycles. The monoisotopic (exact) mass is 273 g/mol. The highest BCUT2D eigenvalue weighted by molar-refractivity contribution is 8.13. The van der Waals surface area contributed by atoms with Crippen LogP contribution in [0.1, 0.15) is 18.4 Å². The standard InChI is InChI=1S/C11H12ClNO3S/c1-8-7-9(17(12,15)16)4-5-10(8)13-6-2-3-11(13)14/h4-5,7H,2-3,6H2,1H3. The molecule has 0 N–H and O–H groups in total. The van der Waals surface area contributed by atoms with Crippen LogP contribution in [0, 0.1) is 6.92 Å². The summed E-state index contributed by atoms with van der Waals surface area (Å²) in [7, 11) is 1.55. The van der Waals surface area contributed by atoms with E-state index in [1.807, 2.05) is 0 Å². The molecular formula is C11H12ClNO3S. The van der Waals surface area contributed by atoms with Crippen LogP contribution in [0.2, 0.25) is 0 Å². The van der Waals surface area contributed by atoms with Gasteiger partial charge in [-0.2, -0.15) is 0 Å². The molecule has 4 nitrogen and oxygen atoms in total. The van der Waals surface area contributed by atoms with Crippen LogP contribution in [0.4, 0.5) is 5.69 Å². The molecular weight excluding hydrogens is 262 g/mol. The predicted octanol–water partition coefficient (Wildman–Crippen LogP) is 2.05. The quantitative estimate of drug-likeness (QED) is 0.775. The molecule has 1 fully saturated rings. The predicted molar refractivity (Wildman–Crippen MR) is 65.8 cm³/mol. The Morgan fingerprint density at radius 2 is 2.06 bits per heavy atom. The molecule has 6 heteroatoms. The van der Waals surface area contributed by atoms with Gasteiger partial charge >= 0.3 is 0 Å². The fourth-order valence-corrected chi connectivity index (χ4v) is 2.82. The molecule has 1 aliphatic rings. The number of anilines is 1. The summed E-state index contributed by atoms with van der Waals surface area (Å²) in [6.45, 7) is 2.46. The Labute approximate surface area is 105 Å². The summed E-state index contributed by atoms with van der Waals surface area (Å²) in [4.78, 5) is 13.3. The lowest BCUT2D eigenvalue weighted by Crippen LogP contribution is -2.24. The zero-order valence-corrected chi connectivity index (χ0v) is 10.9. The van der Waals surface area contributed by atoms with E-state index >= 15 is 0 Å². The molecule has 2 rings (SSSR count). The zero-order valence-electron chi connectivity index (χ0n) is 9.31. The average molecular weight is 274 g/mol. The lowest BCUT2D eigenvalue weighted by molar-refractivity contribution is -0.117. The number of amides is 1. The molecule has 17 heavy (non-hydrogen) atoms. The van der Waals surface area contributed by atoms with E-state index in [-0.39, 0.29) is 10.8 Å². The maximum absolute atomic E-state index is 11.6. The van der Waals surface area contributed by atoms with Crippen molar-refractivity contribution in [3.05, 3.63) is 23.8 Å². The number of hydrogen-bond donors (Lipinski definition) is 0. The molecule has 92 valence electrons. The average Bonchev–Trinajstić information content (AvgIpc) is 2.63. The topological polar surface area (TPSA) is 54.5 Å². The summed E-state index contributed by atoms with van der Waals surface area (Å²) >= 11 is 0. The molecule has 0 atom stereocenters. The minimum Gasteiger partial charge on any atom is -0.312 e. The molecule has 0 spiro atoms. The minimum absolute atomic E-state index is 0.0621. The van der Waals surface area contributed by atoms with Gasteiger partial charge in [0, 0.05) is 29.3 Å². The first-order valence-corrected chi connectivity index (χ1v) is 7.56. The second-order valence-corrected chi connectivity index (χ2v) is 6.60. The van der Waals surface area contributed by atoms with E-state index in [0.717, 1.165) is 17.7 Å². The highest BCUT2D eigenvalue weighted by Crippen LogP contribution is 2.28. The van der Waals surface area contributed by atoms with Crippen molar-refractivity contribution in [3.63, 3.8) is 0 Å². The molecule has 1 aromatic rings. The summed E-state index contributed by atoms with van der Waals surface area (Å²) in [6, 6.07) is 4.55. The van der Waals surface area contributed by atoms with E-state index < -0.39 is 9.05 Å². The van der Waals surface area contributed by atoms with Crippen LogP contribution in [-0.4, -0.2) is 20.9 Å². The number of carbonyl (C=O) groups is 1. The Bertz CT molecular complexity index is 568. The molecule has 1 aromatic carbocycles. The molecule has 1 aliphatic heterocycles. The Hall–Kier alpha value is -1.07. The first-order chi connectivity index (χ1) is 7.89. The van der Waals surface area contributed by atoms with Gasteiger partial charge in [-0.25, -0.2) is 8.42 Å². The number of aryl methyl sites for hydroxylation is 1. The van der Waals surface area contributed by atoms with Crippen molar-refractivity contribution in [2.24, 2.45) is 0 Å². The van der Waals surface area contributed by atoms with Crippen molar-refractivity contribution in [2.75, 3.05) is 11.4 Å². The third kappa shape index (κ3) is 2.45. The second kappa shape index (κ2) is 4.31. The van der Waals surface area contributed by atoms with Gasteiger partial charge in [-0.1, -0.05) is 0 Å². The lowest BCUT2D eigenvalue weighted by Gasteiger charge is -2.18. The van der Waals surface area contributed by atoms with Gasteiger partial charge in [-0.3, -0.25) is 4.79 Å². The number of hydrogen-bond acceptors (Lipinski definition) is 3. The van der Waals surface area contributed by atoms with Crippen LogP contribution >= 0.6 is 10.7 Å². The largest absolute Gasteiger partial charge is 0.312 e. The molecule has 1 heterocycles. The van der Waals surface area contributed by atoms with Crippen molar-refractivity contribution in [1.82, 2.24) is 0 Å². The van der Waals surface area contributed by atoms with Crippen LogP contribution in [0.5, 0.6) is 0 Å². The Morgan fingerprint density at radius 1 is 1.35 bits per heavy atom. The van der Waals surface area contributed by atoms with Gasteiger partial charge in [-0.05, 0) is 37.1 Å². The first-order valence-electron chi connectivity index (χ1n) is 5.25. The second-order valence-electron chi connectivity index (χ2n) is 4.04. The van der Waals surface area contributed by atoms with Gasteiger partial charge in [-0.15, -0.1) is 0 Å². The van der Waals surface area contributed by atoms with Crippen LogP contribution in [0.15, 0.2) is 23.1 Å². The highest BCUT2D eigenvalue weighted by Gasteiger charge is 2.23. The fourth-order valence-electron chi connectivity index (χ4n) is 1.99. The maximum atomic E-state index is 11.6. The maximum Gasteiger partial charge on any atom is 0.261 e. The van der Waals surface area contributed by atoms with Crippen LogP contribution in [0.25, 0.3) is 0 Å². The van der Waals surface area contributed by atoms with E-state index in [2.05, 4.69) is 0 Å². The van der Waals surface area contributed by atoms with Gasteiger partial charge in [0.15, 0.2) is 0 Å². The van der Waals surface area contributed by atoms with E-state index in [1.165, 1.54) is 12.1 Å². The summed E-state index contributed by atoms with van der Waals surface area (Å²) in [5, 5.41) is 0.